The Bertz CT molecular complexity index is 366. The van der Waals surface area contributed by atoms with E-state index in [9.17, 15) is 0 Å². The highest BCUT2D eigenvalue weighted by atomic mass is 15.3. The first-order chi connectivity index (χ1) is 5.86. The highest BCUT2D eigenvalue weighted by molar-refractivity contribution is 5.32. The molecule has 2 heterocycles. The molecule has 2 aromatic heterocycles. The van der Waals surface area contributed by atoms with Crippen LogP contribution >= 0.6 is 0 Å². The summed E-state index contributed by atoms with van der Waals surface area (Å²) in [4.78, 5) is 3.97. The third-order valence-corrected chi connectivity index (χ3v) is 1.52. The fourth-order valence-electron chi connectivity index (χ4n) is 0.971. The first-order valence-electron chi connectivity index (χ1n) is 3.58. The summed E-state index contributed by atoms with van der Waals surface area (Å²) >= 11 is 0. The van der Waals surface area contributed by atoms with Crippen molar-refractivity contribution in [1.29, 1.82) is 0 Å². The lowest BCUT2D eigenvalue weighted by molar-refractivity contribution is 0.879. The van der Waals surface area contributed by atoms with Crippen molar-refractivity contribution < 1.29 is 0 Å². The zero-order valence-corrected chi connectivity index (χ0v) is 6.38. The molecule has 0 atom stereocenters. The summed E-state index contributed by atoms with van der Waals surface area (Å²) in [6.07, 6.45) is 5.25. The van der Waals surface area contributed by atoms with Crippen molar-refractivity contribution in [3.05, 3.63) is 36.8 Å². The number of nitrogen functional groups attached to an aromatic ring is 1. The number of nitrogens with two attached hydrogens (primary N) is 1. The fraction of sp³-hybridized carbons (Fsp3) is 0. The van der Waals surface area contributed by atoms with Gasteiger partial charge in [-0.15, -0.1) is 0 Å². The number of anilines is 1. The molecule has 0 aliphatic carbocycles. The molecule has 0 radical (unpaired) electrons. The number of aromatic nitrogens is 3. The second-order valence-electron chi connectivity index (χ2n) is 2.40. The maximum atomic E-state index is 5.46. The van der Waals surface area contributed by atoms with Crippen molar-refractivity contribution in [2.24, 2.45) is 0 Å². The van der Waals surface area contributed by atoms with Crippen LogP contribution < -0.4 is 5.73 Å². The maximum absolute atomic E-state index is 5.46. The van der Waals surface area contributed by atoms with Crippen LogP contribution in [0.2, 0.25) is 0 Å². The Morgan fingerprint density at radius 3 is 2.83 bits per heavy atom. The van der Waals surface area contributed by atoms with E-state index in [4.69, 9.17) is 5.73 Å². The van der Waals surface area contributed by atoms with Gasteiger partial charge in [-0.1, -0.05) is 0 Å². The molecular weight excluding hydrogens is 152 g/mol. The lowest BCUT2D eigenvalue weighted by atomic mass is 10.4. The molecule has 0 unspecified atom stereocenters. The summed E-state index contributed by atoms with van der Waals surface area (Å²) in [7, 11) is 0. The van der Waals surface area contributed by atoms with E-state index in [1.165, 1.54) is 0 Å². The Morgan fingerprint density at radius 1 is 1.33 bits per heavy atom. The third-order valence-electron chi connectivity index (χ3n) is 1.52. The normalized spacial score (nSPS) is 10.0. The van der Waals surface area contributed by atoms with Crippen LogP contribution in [0, 0.1) is 0 Å². The van der Waals surface area contributed by atoms with Gasteiger partial charge in [-0.25, -0.2) is 4.68 Å². The van der Waals surface area contributed by atoms with E-state index < -0.39 is 0 Å². The van der Waals surface area contributed by atoms with Crippen molar-refractivity contribution in [1.82, 2.24) is 14.8 Å². The molecule has 2 N–H and O–H groups in total. The van der Waals surface area contributed by atoms with Crippen molar-refractivity contribution in [3.63, 3.8) is 0 Å². The Hall–Kier alpha value is -1.84. The van der Waals surface area contributed by atoms with E-state index in [0.29, 0.717) is 5.82 Å². The summed E-state index contributed by atoms with van der Waals surface area (Å²) < 4.78 is 1.68. The molecule has 0 amide bonds. The summed E-state index contributed by atoms with van der Waals surface area (Å²) in [5.74, 6) is 0.513. The van der Waals surface area contributed by atoms with Crippen LogP contribution in [-0.2, 0) is 0 Å². The molecule has 0 aliphatic rings. The number of rotatable bonds is 1. The summed E-state index contributed by atoms with van der Waals surface area (Å²) in [6, 6.07) is 5.51. The van der Waals surface area contributed by atoms with Gasteiger partial charge in [-0.05, 0) is 12.1 Å². The van der Waals surface area contributed by atoms with Crippen LogP contribution in [0.5, 0.6) is 0 Å². The third kappa shape index (κ3) is 1.14. The Labute approximate surface area is 69.7 Å². The van der Waals surface area contributed by atoms with E-state index in [1.807, 2.05) is 12.1 Å². The zero-order valence-electron chi connectivity index (χ0n) is 6.38. The van der Waals surface area contributed by atoms with Gasteiger partial charge in [0.05, 0.1) is 11.9 Å². The molecule has 0 aromatic carbocycles. The lowest BCUT2D eigenvalue weighted by Gasteiger charge is -1.97. The van der Waals surface area contributed by atoms with Gasteiger partial charge in [0, 0.05) is 18.5 Å². The second kappa shape index (κ2) is 2.65. The van der Waals surface area contributed by atoms with Gasteiger partial charge in [0.25, 0.3) is 0 Å². The SMILES string of the molecule is Nc1ccn(-c2cccnc2)n1. The molecule has 4 nitrogen and oxygen atoms in total. The van der Waals surface area contributed by atoms with Crippen LogP contribution in [-0.4, -0.2) is 14.8 Å². The van der Waals surface area contributed by atoms with Gasteiger partial charge in [0.1, 0.15) is 5.82 Å². The molecule has 12 heavy (non-hydrogen) atoms. The van der Waals surface area contributed by atoms with E-state index in [1.54, 1.807) is 29.3 Å². The minimum absolute atomic E-state index is 0.513. The topological polar surface area (TPSA) is 56.7 Å². The van der Waals surface area contributed by atoms with Gasteiger partial charge in [-0.3, -0.25) is 4.98 Å². The Kier molecular flexibility index (Phi) is 1.51. The van der Waals surface area contributed by atoms with E-state index in [2.05, 4.69) is 10.1 Å². The molecule has 0 bridgehead atoms. The van der Waals surface area contributed by atoms with Crippen molar-refractivity contribution >= 4 is 5.82 Å². The minimum atomic E-state index is 0.513. The van der Waals surface area contributed by atoms with Crippen molar-refractivity contribution in [2.45, 2.75) is 0 Å². The van der Waals surface area contributed by atoms with Gasteiger partial charge >= 0.3 is 0 Å². The largest absolute Gasteiger partial charge is 0.382 e. The molecule has 0 spiro atoms. The Morgan fingerprint density at radius 2 is 2.25 bits per heavy atom. The van der Waals surface area contributed by atoms with Gasteiger partial charge < -0.3 is 5.73 Å². The van der Waals surface area contributed by atoms with E-state index in [-0.39, 0.29) is 0 Å². The summed E-state index contributed by atoms with van der Waals surface area (Å²) in [5.41, 5.74) is 6.37. The summed E-state index contributed by atoms with van der Waals surface area (Å²) in [6.45, 7) is 0. The first kappa shape index (κ1) is 6.84. The predicted molar refractivity (Wildman–Crippen MR) is 45.8 cm³/mol. The van der Waals surface area contributed by atoms with E-state index in [0.717, 1.165) is 5.69 Å². The maximum Gasteiger partial charge on any atom is 0.145 e. The van der Waals surface area contributed by atoms with Crippen LogP contribution in [0.4, 0.5) is 5.82 Å². The molecule has 0 saturated carbocycles. The lowest BCUT2D eigenvalue weighted by Crippen LogP contribution is -1.96. The smallest absolute Gasteiger partial charge is 0.145 e. The zero-order chi connectivity index (χ0) is 8.39. The first-order valence-corrected chi connectivity index (χ1v) is 3.58. The standard InChI is InChI=1S/C8H8N4/c9-8-3-5-12(11-8)7-2-1-4-10-6-7/h1-6H,(H2,9,11). The quantitative estimate of drug-likeness (QED) is 0.672. The molecule has 0 fully saturated rings. The molecular formula is C8H8N4. The average Bonchev–Trinajstić information content (AvgIpc) is 2.54. The number of nitrogens with zero attached hydrogens (tertiary/aromatic N) is 3. The number of hydrogen-bond donors (Lipinski definition) is 1. The highest BCUT2D eigenvalue weighted by Crippen LogP contribution is 2.05. The highest BCUT2D eigenvalue weighted by Gasteiger charge is 1.95. The van der Waals surface area contributed by atoms with Crippen molar-refractivity contribution in [2.75, 3.05) is 5.73 Å². The Balaban J connectivity index is 2.45. The van der Waals surface area contributed by atoms with Crippen LogP contribution in [0.15, 0.2) is 36.8 Å². The van der Waals surface area contributed by atoms with E-state index >= 15 is 0 Å². The molecule has 4 heteroatoms. The van der Waals surface area contributed by atoms with Gasteiger partial charge in [0.2, 0.25) is 0 Å². The van der Waals surface area contributed by atoms with Gasteiger partial charge in [0.15, 0.2) is 0 Å². The fourth-order valence-corrected chi connectivity index (χ4v) is 0.971. The molecule has 2 aromatic rings. The number of hydrogen-bond acceptors (Lipinski definition) is 3. The van der Waals surface area contributed by atoms with Crippen LogP contribution in [0.25, 0.3) is 5.69 Å². The predicted octanol–water partition coefficient (Wildman–Crippen LogP) is 0.849. The second-order valence-corrected chi connectivity index (χ2v) is 2.40. The molecule has 60 valence electrons. The average molecular weight is 160 g/mol. The van der Waals surface area contributed by atoms with Gasteiger partial charge in [-0.2, -0.15) is 5.10 Å². The van der Waals surface area contributed by atoms with Crippen LogP contribution in [0.1, 0.15) is 0 Å². The molecule has 2 rings (SSSR count). The summed E-state index contributed by atoms with van der Waals surface area (Å²) in [5, 5.41) is 4.04. The molecule has 0 saturated heterocycles. The number of pyridine rings is 1. The monoisotopic (exact) mass is 160 g/mol. The van der Waals surface area contributed by atoms with Crippen LogP contribution in [0.3, 0.4) is 0 Å². The van der Waals surface area contributed by atoms with Crippen molar-refractivity contribution in [3.8, 4) is 5.69 Å². The molecule has 0 aliphatic heterocycles. The minimum Gasteiger partial charge on any atom is -0.382 e.